The summed E-state index contributed by atoms with van der Waals surface area (Å²) in [6, 6.07) is 6.06. The third kappa shape index (κ3) is 3.57. The second-order valence-corrected chi connectivity index (χ2v) is 7.02. The first-order valence-corrected chi connectivity index (χ1v) is 9.50. The molecule has 0 aliphatic carbocycles. The molecule has 0 amide bonds. The molecule has 0 aliphatic rings. The smallest absolute Gasteiger partial charge is 0.361 e. The number of carbonyl (C=O) groups is 1. The molecule has 0 radical (unpaired) electrons. The third-order valence-corrected chi connectivity index (χ3v) is 4.98. The maximum absolute atomic E-state index is 12.4. The highest BCUT2D eigenvalue weighted by Crippen LogP contribution is 2.22. The monoisotopic (exact) mass is 453 g/mol. The van der Waals surface area contributed by atoms with Gasteiger partial charge in [-0.15, -0.1) is 0 Å². The minimum Gasteiger partial charge on any atom is -0.448 e. The normalized spacial score (nSPS) is 11.1. The van der Waals surface area contributed by atoms with Crippen LogP contribution < -0.4 is 16.0 Å². The summed E-state index contributed by atoms with van der Waals surface area (Å²) >= 11 is 9.34. The summed E-state index contributed by atoms with van der Waals surface area (Å²) in [5, 5.41) is -0.0905. The van der Waals surface area contributed by atoms with E-state index >= 15 is 0 Å². The Bertz CT molecular complexity index is 1040. The van der Waals surface area contributed by atoms with Gasteiger partial charge in [-0.1, -0.05) is 27.5 Å². The molecular formula is C17H19BrClN6O2+. The Morgan fingerprint density at radius 3 is 2.70 bits per heavy atom. The highest BCUT2D eigenvalue weighted by molar-refractivity contribution is 9.10. The largest absolute Gasteiger partial charge is 0.448 e. The van der Waals surface area contributed by atoms with Gasteiger partial charge in [-0.3, -0.25) is 0 Å². The van der Waals surface area contributed by atoms with Crippen molar-refractivity contribution in [2.24, 2.45) is 0 Å². The van der Waals surface area contributed by atoms with Crippen molar-refractivity contribution in [2.45, 2.75) is 33.5 Å². The average Bonchev–Trinajstić information content (AvgIpc) is 2.94. The number of ether oxygens (including phenoxy) is 1. The van der Waals surface area contributed by atoms with E-state index in [2.05, 4.69) is 35.0 Å². The van der Waals surface area contributed by atoms with Crippen LogP contribution in [0.2, 0.25) is 5.15 Å². The SMILES string of the molecule is CCn1c(COC(=O)c2nc(Cl)c(N)nc2N)[n+](CC)c2ccc(Br)cc21. The molecule has 2 aromatic heterocycles. The van der Waals surface area contributed by atoms with Crippen molar-refractivity contribution in [3.8, 4) is 0 Å². The number of aryl methyl sites for hydroxylation is 2. The van der Waals surface area contributed by atoms with Crippen molar-refractivity contribution in [3.05, 3.63) is 39.3 Å². The van der Waals surface area contributed by atoms with Gasteiger partial charge in [0.2, 0.25) is 0 Å². The number of anilines is 2. The van der Waals surface area contributed by atoms with Crippen LogP contribution >= 0.6 is 27.5 Å². The van der Waals surface area contributed by atoms with Gasteiger partial charge in [0, 0.05) is 10.5 Å². The highest BCUT2D eigenvalue weighted by Gasteiger charge is 2.26. The number of nitrogens with two attached hydrogens (primary N) is 2. The molecular weight excluding hydrogens is 436 g/mol. The number of nitrogens with zero attached hydrogens (tertiary/aromatic N) is 4. The molecule has 1 aromatic carbocycles. The zero-order chi connectivity index (χ0) is 19.7. The number of imidazole rings is 1. The number of halogens is 2. The molecule has 0 saturated carbocycles. The van der Waals surface area contributed by atoms with Crippen LogP contribution in [0.15, 0.2) is 22.7 Å². The summed E-state index contributed by atoms with van der Waals surface area (Å²) < 4.78 is 10.6. The molecule has 27 heavy (non-hydrogen) atoms. The van der Waals surface area contributed by atoms with Crippen molar-refractivity contribution in [1.82, 2.24) is 14.5 Å². The van der Waals surface area contributed by atoms with E-state index < -0.39 is 5.97 Å². The van der Waals surface area contributed by atoms with E-state index in [0.717, 1.165) is 34.4 Å². The van der Waals surface area contributed by atoms with Gasteiger partial charge >= 0.3 is 5.97 Å². The van der Waals surface area contributed by atoms with Crippen molar-refractivity contribution >= 4 is 56.2 Å². The Balaban J connectivity index is 1.95. The average molecular weight is 455 g/mol. The van der Waals surface area contributed by atoms with Crippen LogP contribution in [0.25, 0.3) is 11.0 Å². The van der Waals surface area contributed by atoms with Crippen LogP contribution in [0, 0.1) is 0 Å². The molecule has 0 aliphatic heterocycles. The predicted octanol–water partition coefficient (Wildman–Crippen LogP) is 2.70. The number of hydrogen-bond acceptors (Lipinski definition) is 6. The maximum atomic E-state index is 12.4. The standard InChI is InChI=1S/C17H18BrClN6O2/c1-3-24-10-6-5-9(18)7-11(10)25(4-2)12(24)8-27-17(26)13-15(20)23-16(21)14(19)22-13/h5-7H,3-4,8H2,1-2H3,(H3-,20,21,23,26)/p+1. The fraction of sp³-hybridized carbons (Fsp3) is 0.294. The first-order valence-electron chi connectivity index (χ1n) is 8.33. The minimum absolute atomic E-state index is 0.0359. The lowest BCUT2D eigenvalue weighted by Crippen LogP contribution is -2.37. The molecule has 8 nitrogen and oxygen atoms in total. The summed E-state index contributed by atoms with van der Waals surface area (Å²) in [5.74, 6) is -0.00960. The third-order valence-electron chi connectivity index (χ3n) is 4.21. The lowest BCUT2D eigenvalue weighted by atomic mass is 10.3. The Morgan fingerprint density at radius 2 is 2.04 bits per heavy atom. The van der Waals surface area contributed by atoms with Crippen molar-refractivity contribution < 1.29 is 14.1 Å². The van der Waals surface area contributed by atoms with E-state index in [4.69, 9.17) is 27.8 Å². The highest BCUT2D eigenvalue weighted by atomic mass is 79.9. The van der Waals surface area contributed by atoms with Gasteiger partial charge in [-0.05, 0) is 26.0 Å². The molecule has 0 fully saturated rings. The molecule has 0 spiro atoms. The summed E-state index contributed by atoms with van der Waals surface area (Å²) in [5.41, 5.74) is 13.2. The fourth-order valence-electron chi connectivity index (χ4n) is 3.02. The first kappa shape index (κ1) is 19.4. The Kier molecular flexibility index (Phi) is 5.52. The van der Waals surface area contributed by atoms with Crippen molar-refractivity contribution in [2.75, 3.05) is 11.5 Å². The predicted molar refractivity (Wildman–Crippen MR) is 106 cm³/mol. The minimum atomic E-state index is -0.710. The molecule has 0 bridgehead atoms. The number of hydrogen-bond donors (Lipinski definition) is 2. The van der Waals surface area contributed by atoms with Gasteiger partial charge in [0.25, 0.3) is 5.82 Å². The first-order chi connectivity index (χ1) is 12.9. The number of rotatable bonds is 5. The quantitative estimate of drug-likeness (QED) is 0.453. The van der Waals surface area contributed by atoms with E-state index in [1.807, 2.05) is 32.0 Å². The summed E-state index contributed by atoms with van der Waals surface area (Å²) in [4.78, 5) is 20.1. The van der Waals surface area contributed by atoms with E-state index in [1.165, 1.54) is 0 Å². The van der Waals surface area contributed by atoms with Crippen LogP contribution in [0.3, 0.4) is 0 Å². The van der Waals surface area contributed by atoms with Gasteiger partial charge in [-0.25, -0.2) is 23.9 Å². The molecule has 0 unspecified atom stereocenters. The second-order valence-electron chi connectivity index (χ2n) is 5.75. The summed E-state index contributed by atoms with van der Waals surface area (Å²) in [6.45, 7) is 5.58. The van der Waals surface area contributed by atoms with Gasteiger partial charge < -0.3 is 16.2 Å². The zero-order valence-corrected chi connectivity index (χ0v) is 17.2. The molecule has 142 valence electrons. The Labute approximate surface area is 169 Å². The van der Waals surface area contributed by atoms with Crippen LogP contribution in [0.1, 0.15) is 30.2 Å². The van der Waals surface area contributed by atoms with E-state index in [9.17, 15) is 4.79 Å². The van der Waals surface area contributed by atoms with E-state index in [0.29, 0.717) is 0 Å². The topological polar surface area (TPSA) is 113 Å². The molecule has 10 heteroatoms. The van der Waals surface area contributed by atoms with Gasteiger partial charge in [0.1, 0.15) is 0 Å². The number of fused-ring (bicyclic) bond motifs is 1. The number of benzene rings is 1. The van der Waals surface area contributed by atoms with Crippen molar-refractivity contribution in [1.29, 1.82) is 0 Å². The van der Waals surface area contributed by atoms with E-state index in [1.54, 1.807) is 0 Å². The van der Waals surface area contributed by atoms with Gasteiger partial charge in [-0.2, -0.15) is 0 Å². The zero-order valence-electron chi connectivity index (χ0n) is 14.9. The van der Waals surface area contributed by atoms with Crippen LogP contribution in [0.5, 0.6) is 0 Å². The number of esters is 1. The molecule has 2 heterocycles. The number of carbonyl (C=O) groups excluding carboxylic acids is 1. The van der Waals surface area contributed by atoms with Gasteiger partial charge in [0.15, 0.2) is 40.1 Å². The lowest BCUT2D eigenvalue weighted by molar-refractivity contribution is -0.678. The molecule has 4 N–H and O–H groups in total. The number of nitrogen functional groups attached to an aromatic ring is 2. The van der Waals surface area contributed by atoms with Crippen LogP contribution in [0.4, 0.5) is 11.6 Å². The molecule has 3 rings (SSSR count). The molecule has 0 atom stereocenters. The van der Waals surface area contributed by atoms with Crippen molar-refractivity contribution in [3.63, 3.8) is 0 Å². The molecule has 0 saturated heterocycles. The van der Waals surface area contributed by atoms with E-state index in [-0.39, 0.29) is 29.1 Å². The summed E-state index contributed by atoms with van der Waals surface area (Å²) in [7, 11) is 0. The number of aromatic nitrogens is 4. The molecule has 3 aromatic rings. The lowest BCUT2D eigenvalue weighted by Gasteiger charge is -2.07. The van der Waals surface area contributed by atoms with Gasteiger partial charge in [0.05, 0.1) is 13.1 Å². The van der Waals surface area contributed by atoms with Crippen LogP contribution in [-0.2, 0) is 24.4 Å². The summed E-state index contributed by atoms with van der Waals surface area (Å²) in [6.07, 6.45) is 0. The maximum Gasteiger partial charge on any atom is 0.361 e. The Morgan fingerprint density at radius 1 is 1.30 bits per heavy atom. The Hall–Kier alpha value is -2.39. The van der Waals surface area contributed by atoms with Crippen LogP contribution in [-0.4, -0.2) is 20.5 Å². The fourth-order valence-corrected chi connectivity index (χ4v) is 3.49. The second kappa shape index (κ2) is 7.69.